The fraction of sp³-hybridized carbons (Fsp3) is 0.353. The Morgan fingerprint density at radius 1 is 1.25 bits per heavy atom. The molecule has 1 aromatic carbocycles. The van der Waals surface area contributed by atoms with Gasteiger partial charge in [-0.25, -0.2) is 9.59 Å². The number of benzene rings is 1. The van der Waals surface area contributed by atoms with E-state index >= 15 is 0 Å². The summed E-state index contributed by atoms with van der Waals surface area (Å²) < 4.78 is 15.2. The van der Waals surface area contributed by atoms with Gasteiger partial charge in [0.05, 0.1) is 5.56 Å². The van der Waals surface area contributed by atoms with Crippen LogP contribution in [0.25, 0.3) is 0 Å². The first-order valence-corrected chi connectivity index (χ1v) is 7.42. The smallest absolute Gasteiger partial charge is 0.412 e. The fourth-order valence-electron chi connectivity index (χ4n) is 1.85. The molecule has 0 spiro atoms. The third-order valence-electron chi connectivity index (χ3n) is 2.77. The van der Waals surface area contributed by atoms with Gasteiger partial charge in [0.15, 0.2) is 0 Å². The predicted molar refractivity (Wildman–Crippen MR) is 86.7 cm³/mol. The normalized spacial score (nSPS) is 11.0. The van der Waals surface area contributed by atoms with Crippen molar-refractivity contribution in [2.75, 3.05) is 5.32 Å². The summed E-state index contributed by atoms with van der Waals surface area (Å²) >= 11 is 0. The third-order valence-corrected chi connectivity index (χ3v) is 2.77. The monoisotopic (exact) mass is 332 g/mol. The summed E-state index contributed by atoms with van der Waals surface area (Å²) in [6.07, 6.45) is -0.592. The average molecular weight is 332 g/mol. The molecule has 0 radical (unpaired) electrons. The Balaban J connectivity index is 1.96. The number of carbonyl (C=O) groups is 2. The third kappa shape index (κ3) is 5.42. The number of esters is 1. The second kappa shape index (κ2) is 7.16. The van der Waals surface area contributed by atoms with Crippen molar-refractivity contribution in [1.29, 1.82) is 0 Å². The Labute approximate surface area is 139 Å². The number of hydrogen-bond acceptors (Lipinski definition) is 6. The Hall–Kier alpha value is -2.83. The van der Waals surface area contributed by atoms with Crippen LogP contribution in [0.15, 0.2) is 34.9 Å². The highest BCUT2D eigenvalue weighted by molar-refractivity contribution is 5.92. The molecule has 2 aromatic rings. The van der Waals surface area contributed by atoms with Crippen LogP contribution >= 0.6 is 0 Å². The molecule has 0 aliphatic rings. The molecule has 1 amide bonds. The molecule has 0 aliphatic heterocycles. The van der Waals surface area contributed by atoms with Crippen molar-refractivity contribution in [2.45, 2.75) is 39.9 Å². The standard InChI is InChI=1S/C17H20N2O5/c1-11-8-14(19-24-11)10-22-15(20)12-6-5-7-13(9-12)18-16(21)23-17(2,3)4/h5-9H,10H2,1-4H3,(H,18,21). The van der Waals surface area contributed by atoms with Crippen molar-refractivity contribution in [1.82, 2.24) is 5.16 Å². The van der Waals surface area contributed by atoms with Gasteiger partial charge >= 0.3 is 12.1 Å². The number of carbonyl (C=O) groups excluding carboxylic acids is 2. The highest BCUT2D eigenvalue weighted by atomic mass is 16.6. The summed E-state index contributed by atoms with van der Waals surface area (Å²) in [6, 6.07) is 8.09. The molecule has 0 aliphatic carbocycles. The first kappa shape index (κ1) is 17.5. The van der Waals surface area contributed by atoms with E-state index in [0.717, 1.165) is 0 Å². The molecule has 128 valence electrons. The Kier molecular flexibility index (Phi) is 5.23. The Morgan fingerprint density at radius 2 is 2.00 bits per heavy atom. The molecule has 0 saturated carbocycles. The molecule has 7 nitrogen and oxygen atoms in total. The summed E-state index contributed by atoms with van der Waals surface area (Å²) in [6.45, 7) is 7.08. The van der Waals surface area contributed by atoms with Crippen molar-refractivity contribution >= 4 is 17.7 Å². The van der Waals surface area contributed by atoms with Crippen LogP contribution in [0.3, 0.4) is 0 Å². The Morgan fingerprint density at radius 3 is 2.62 bits per heavy atom. The van der Waals surface area contributed by atoms with Crippen LogP contribution in [0.1, 0.15) is 42.6 Å². The van der Waals surface area contributed by atoms with E-state index in [9.17, 15) is 9.59 Å². The van der Waals surface area contributed by atoms with Gasteiger partial charge in [0.1, 0.15) is 23.7 Å². The minimum absolute atomic E-state index is 0.0138. The van der Waals surface area contributed by atoms with E-state index in [1.165, 1.54) is 6.07 Å². The molecule has 0 unspecified atom stereocenters. The maximum absolute atomic E-state index is 12.1. The summed E-state index contributed by atoms with van der Waals surface area (Å²) in [5.74, 6) is 0.119. The van der Waals surface area contributed by atoms with E-state index in [1.807, 2.05) is 0 Å². The van der Waals surface area contributed by atoms with Gasteiger partial charge in [0.2, 0.25) is 0 Å². The van der Waals surface area contributed by atoms with Crippen LogP contribution in [0, 0.1) is 6.92 Å². The van der Waals surface area contributed by atoms with Crippen molar-refractivity contribution in [3.63, 3.8) is 0 Å². The zero-order chi connectivity index (χ0) is 17.7. The fourth-order valence-corrected chi connectivity index (χ4v) is 1.85. The SMILES string of the molecule is Cc1cc(COC(=O)c2cccc(NC(=O)OC(C)(C)C)c2)no1. The lowest BCUT2D eigenvalue weighted by molar-refractivity contribution is 0.0463. The number of nitrogens with one attached hydrogen (secondary N) is 1. The maximum Gasteiger partial charge on any atom is 0.412 e. The van der Waals surface area contributed by atoms with Gasteiger partial charge in [-0.2, -0.15) is 0 Å². The zero-order valence-corrected chi connectivity index (χ0v) is 14.1. The number of anilines is 1. The van der Waals surface area contributed by atoms with Crippen LogP contribution in [-0.4, -0.2) is 22.8 Å². The van der Waals surface area contributed by atoms with Gasteiger partial charge in [-0.15, -0.1) is 0 Å². The van der Waals surface area contributed by atoms with Crippen molar-refractivity contribution in [2.24, 2.45) is 0 Å². The number of hydrogen-bond donors (Lipinski definition) is 1. The lowest BCUT2D eigenvalue weighted by atomic mass is 10.2. The molecule has 1 heterocycles. The van der Waals surface area contributed by atoms with Crippen LogP contribution < -0.4 is 5.32 Å². The predicted octanol–water partition coefficient (Wildman–Crippen LogP) is 3.69. The van der Waals surface area contributed by atoms with Crippen LogP contribution in [0.2, 0.25) is 0 Å². The van der Waals surface area contributed by atoms with Gasteiger partial charge in [-0.05, 0) is 45.9 Å². The van der Waals surface area contributed by atoms with Gasteiger partial charge in [-0.3, -0.25) is 5.32 Å². The molecule has 1 N–H and O–H groups in total. The van der Waals surface area contributed by atoms with E-state index in [2.05, 4.69) is 10.5 Å². The summed E-state index contributed by atoms with van der Waals surface area (Å²) in [5, 5.41) is 6.32. The highest BCUT2D eigenvalue weighted by Gasteiger charge is 2.17. The number of amides is 1. The molecule has 0 fully saturated rings. The lowest BCUT2D eigenvalue weighted by Gasteiger charge is -2.19. The van der Waals surface area contributed by atoms with Crippen LogP contribution in [-0.2, 0) is 16.1 Å². The summed E-state index contributed by atoms with van der Waals surface area (Å²) in [4.78, 5) is 23.8. The topological polar surface area (TPSA) is 90.7 Å². The summed E-state index contributed by atoms with van der Waals surface area (Å²) in [5.41, 5.74) is 0.680. The minimum atomic E-state index is -0.601. The van der Waals surface area contributed by atoms with E-state index in [0.29, 0.717) is 22.7 Å². The van der Waals surface area contributed by atoms with E-state index in [1.54, 1.807) is 52.0 Å². The molecular formula is C17H20N2O5. The van der Waals surface area contributed by atoms with Crippen LogP contribution in [0.4, 0.5) is 10.5 Å². The first-order chi connectivity index (χ1) is 11.2. The van der Waals surface area contributed by atoms with E-state index < -0.39 is 17.7 Å². The minimum Gasteiger partial charge on any atom is -0.455 e. The van der Waals surface area contributed by atoms with Gasteiger partial charge < -0.3 is 14.0 Å². The van der Waals surface area contributed by atoms with Gasteiger partial charge in [-0.1, -0.05) is 11.2 Å². The number of rotatable bonds is 4. The van der Waals surface area contributed by atoms with Crippen molar-refractivity contribution in [3.8, 4) is 0 Å². The lowest BCUT2D eigenvalue weighted by Crippen LogP contribution is -2.27. The Bertz CT molecular complexity index is 731. The molecule has 24 heavy (non-hydrogen) atoms. The summed E-state index contributed by atoms with van der Waals surface area (Å²) in [7, 11) is 0. The zero-order valence-electron chi connectivity index (χ0n) is 14.1. The number of aryl methyl sites for hydroxylation is 1. The number of nitrogens with zero attached hydrogens (tertiary/aromatic N) is 1. The van der Waals surface area contributed by atoms with Crippen LogP contribution in [0.5, 0.6) is 0 Å². The quantitative estimate of drug-likeness (QED) is 0.859. The van der Waals surface area contributed by atoms with Gasteiger partial charge in [0.25, 0.3) is 0 Å². The molecule has 0 atom stereocenters. The second-order valence-electron chi connectivity index (χ2n) is 6.21. The molecule has 0 saturated heterocycles. The molecule has 1 aromatic heterocycles. The van der Waals surface area contributed by atoms with E-state index in [-0.39, 0.29) is 6.61 Å². The largest absolute Gasteiger partial charge is 0.455 e. The second-order valence-corrected chi connectivity index (χ2v) is 6.21. The number of aromatic nitrogens is 1. The van der Waals surface area contributed by atoms with Crippen molar-refractivity contribution in [3.05, 3.63) is 47.3 Å². The average Bonchev–Trinajstić information content (AvgIpc) is 2.88. The molecular weight excluding hydrogens is 312 g/mol. The van der Waals surface area contributed by atoms with Crippen molar-refractivity contribution < 1.29 is 23.6 Å². The molecule has 0 bridgehead atoms. The highest BCUT2D eigenvalue weighted by Crippen LogP contribution is 2.15. The van der Waals surface area contributed by atoms with E-state index in [4.69, 9.17) is 14.0 Å². The number of ether oxygens (including phenoxy) is 2. The molecule has 2 rings (SSSR count). The molecule has 7 heteroatoms. The maximum atomic E-state index is 12.1. The first-order valence-electron chi connectivity index (χ1n) is 7.42. The van der Waals surface area contributed by atoms with Gasteiger partial charge in [0, 0.05) is 11.8 Å².